The Bertz CT molecular complexity index is 576. The minimum atomic E-state index is -3.38. The third-order valence-electron chi connectivity index (χ3n) is 3.32. The van der Waals surface area contributed by atoms with Gasteiger partial charge in [0.15, 0.2) is 0 Å². The van der Waals surface area contributed by atoms with Gasteiger partial charge in [0.05, 0.1) is 11.3 Å². The van der Waals surface area contributed by atoms with Crippen molar-refractivity contribution in [3.63, 3.8) is 0 Å². The zero-order chi connectivity index (χ0) is 14.8. The lowest BCUT2D eigenvalue weighted by atomic mass is 10.1. The van der Waals surface area contributed by atoms with Gasteiger partial charge >= 0.3 is 5.97 Å². The topological polar surface area (TPSA) is 83.5 Å². The molecule has 0 aliphatic heterocycles. The average Bonchev–Trinajstić information content (AvgIpc) is 3.11. The Morgan fingerprint density at radius 3 is 2.45 bits per heavy atom. The molecule has 5 nitrogen and oxygen atoms in total. The van der Waals surface area contributed by atoms with E-state index in [0.717, 1.165) is 6.42 Å². The van der Waals surface area contributed by atoms with Crippen LogP contribution in [0.4, 0.5) is 0 Å². The predicted octanol–water partition coefficient (Wildman–Crippen LogP) is 1.99. The first kappa shape index (κ1) is 15.0. The van der Waals surface area contributed by atoms with Crippen molar-refractivity contribution in [2.24, 2.45) is 5.92 Å². The lowest BCUT2D eigenvalue weighted by Gasteiger charge is -2.13. The molecule has 1 unspecified atom stereocenters. The van der Waals surface area contributed by atoms with Crippen LogP contribution in [0.2, 0.25) is 0 Å². The molecule has 1 atom stereocenters. The van der Waals surface area contributed by atoms with E-state index in [-0.39, 0.29) is 17.4 Å². The van der Waals surface area contributed by atoms with E-state index in [4.69, 9.17) is 5.11 Å². The summed E-state index contributed by atoms with van der Waals surface area (Å²) in [4.78, 5) is 10.7. The number of hydrogen-bond donors (Lipinski definition) is 2. The summed E-state index contributed by atoms with van der Waals surface area (Å²) in [5, 5.41) is 8.79. The summed E-state index contributed by atoms with van der Waals surface area (Å²) in [6.07, 6.45) is 3.28. The van der Waals surface area contributed by atoms with E-state index in [2.05, 4.69) is 4.72 Å². The lowest BCUT2D eigenvalue weighted by Crippen LogP contribution is -2.33. The summed E-state index contributed by atoms with van der Waals surface area (Å²) in [7, 11) is -3.38. The first-order chi connectivity index (χ1) is 9.35. The van der Waals surface area contributed by atoms with Gasteiger partial charge in [-0.05, 0) is 37.0 Å². The Hall–Kier alpha value is -1.40. The van der Waals surface area contributed by atoms with E-state index >= 15 is 0 Å². The molecule has 0 radical (unpaired) electrons. The molecule has 1 aromatic carbocycles. The van der Waals surface area contributed by atoms with Gasteiger partial charge < -0.3 is 5.11 Å². The largest absolute Gasteiger partial charge is 0.478 e. The van der Waals surface area contributed by atoms with Crippen LogP contribution in [0.15, 0.2) is 24.3 Å². The van der Waals surface area contributed by atoms with Crippen molar-refractivity contribution in [1.82, 2.24) is 4.72 Å². The second-order valence-electron chi connectivity index (χ2n) is 5.46. The number of carboxylic acid groups (broad SMARTS) is 1. The summed E-state index contributed by atoms with van der Waals surface area (Å²) >= 11 is 0. The number of rotatable bonds is 7. The molecule has 2 N–H and O–H groups in total. The highest BCUT2D eigenvalue weighted by atomic mass is 32.2. The maximum absolute atomic E-state index is 12.0. The smallest absolute Gasteiger partial charge is 0.335 e. The second-order valence-corrected chi connectivity index (χ2v) is 7.21. The number of sulfonamides is 1. The molecule has 6 heteroatoms. The van der Waals surface area contributed by atoms with Crippen molar-refractivity contribution < 1.29 is 18.3 Å². The molecule has 20 heavy (non-hydrogen) atoms. The minimum absolute atomic E-state index is 0.0502. The first-order valence-electron chi connectivity index (χ1n) is 6.68. The number of aromatic carboxylic acids is 1. The molecule has 1 aromatic rings. The van der Waals surface area contributed by atoms with Gasteiger partial charge in [-0.25, -0.2) is 17.9 Å². The van der Waals surface area contributed by atoms with Crippen LogP contribution in [0.5, 0.6) is 0 Å². The van der Waals surface area contributed by atoms with Crippen molar-refractivity contribution in [2.75, 3.05) is 0 Å². The number of hydrogen-bond acceptors (Lipinski definition) is 3. The molecule has 1 fully saturated rings. The fourth-order valence-corrected chi connectivity index (χ4v) is 3.64. The van der Waals surface area contributed by atoms with E-state index in [1.165, 1.54) is 37.1 Å². The van der Waals surface area contributed by atoms with Gasteiger partial charge in [-0.1, -0.05) is 25.0 Å². The monoisotopic (exact) mass is 297 g/mol. The molecule has 0 aromatic heterocycles. The van der Waals surface area contributed by atoms with Gasteiger partial charge in [0, 0.05) is 6.04 Å². The molecule has 0 amide bonds. The molecule has 110 valence electrons. The fraction of sp³-hybridized carbons (Fsp3) is 0.500. The van der Waals surface area contributed by atoms with Crippen LogP contribution in [0.1, 0.15) is 42.1 Å². The van der Waals surface area contributed by atoms with Crippen molar-refractivity contribution in [2.45, 2.75) is 38.0 Å². The van der Waals surface area contributed by atoms with Crippen LogP contribution in [0.3, 0.4) is 0 Å². The fourth-order valence-electron chi connectivity index (χ4n) is 2.21. The van der Waals surface area contributed by atoms with Gasteiger partial charge in [0.1, 0.15) is 0 Å². The Labute approximate surface area is 119 Å². The SMILES string of the molecule is CC(CC1CC1)NS(=O)(=O)Cc1ccc(C(=O)O)cc1. The Balaban J connectivity index is 1.94. The van der Waals surface area contributed by atoms with Crippen molar-refractivity contribution in [1.29, 1.82) is 0 Å². The molecule has 0 heterocycles. The van der Waals surface area contributed by atoms with Crippen LogP contribution < -0.4 is 4.72 Å². The molecular formula is C14H19NO4S. The third kappa shape index (κ3) is 4.61. The summed E-state index contributed by atoms with van der Waals surface area (Å²) < 4.78 is 26.7. The summed E-state index contributed by atoms with van der Waals surface area (Å²) in [5.74, 6) is -0.472. The van der Waals surface area contributed by atoms with Crippen LogP contribution >= 0.6 is 0 Å². The van der Waals surface area contributed by atoms with Crippen molar-refractivity contribution in [3.8, 4) is 0 Å². The minimum Gasteiger partial charge on any atom is -0.478 e. The first-order valence-corrected chi connectivity index (χ1v) is 8.33. The number of nitrogens with one attached hydrogen (secondary N) is 1. The van der Waals surface area contributed by atoms with Crippen molar-refractivity contribution >= 4 is 16.0 Å². The summed E-state index contributed by atoms with van der Waals surface area (Å²) in [6.45, 7) is 1.88. The van der Waals surface area contributed by atoms with Crippen molar-refractivity contribution in [3.05, 3.63) is 35.4 Å². The molecule has 0 spiro atoms. The van der Waals surface area contributed by atoms with E-state index < -0.39 is 16.0 Å². The Morgan fingerprint density at radius 2 is 1.95 bits per heavy atom. The van der Waals surface area contributed by atoms with Gasteiger partial charge in [-0.15, -0.1) is 0 Å². The van der Waals surface area contributed by atoms with E-state index in [9.17, 15) is 13.2 Å². The number of carbonyl (C=O) groups is 1. The third-order valence-corrected chi connectivity index (χ3v) is 4.80. The second kappa shape index (κ2) is 5.93. The highest BCUT2D eigenvalue weighted by molar-refractivity contribution is 7.88. The van der Waals surface area contributed by atoms with Gasteiger partial charge in [-0.2, -0.15) is 0 Å². The van der Waals surface area contributed by atoms with Crippen LogP contribution in [-0.4, -0.2) is 25.5 Å². The molecule has 2 rings (SSSR count). The van der Waals surface area contributed by atoms with Gasteiger partial charge in [0.2, 0.25) is 10.0 Å². The molecule has 1 aliphatic rings. The number of carboxylic acids is 1. The van der Waals surface area contributed by atoms with Gasteiger partial charge in [-0.3, -0.25) is 0 Å². The molecule has 1 saturated carbocycles. The number of benzene rings is 1. The van der Waals surface area contributed by atoms with Crippen LogP contribution in [-0.2, 0) is 15.8 Å². The predicted molar refractivity (Wildman–Crippen MR) is 76.0 cm³/mol. The Kier molecular flexibility index (Phi) is 4.45. The van der Waals surface area contributed by atoms with E-state index in [1.54, 1.807) is 0 Å². The van der Waals surface area contributed by atoms with E-state index in [0.29, 0.717) is 11.5 Å². The maximum atomic E-state index is 12.0. The molecule has 0 saturated heterocycles. The molecular weight excluding hydrogens is 278 g/mol. The van der Waals surface area contributed by atoms with Crippen LogP contribution in [0.25, 0.3) is 0 Å². The zero-order valence-electron chi connectivity index (χ0n) is 11.4. The Morgan fingerprint density at radius 1 is 1.35 bits per heavy atom. The highest BCUT2D eigenvalue weighted by Gasteiger charge is 2.25. The summed E-state index contributed by atoms with van der Waals surface area (Å²) in [6, 6.07) is 5.86. The standard InChI is InChI=1S/C14H19NO4S/c1-10(8-11-2-3-11)15-20(18,19)9-12-4-6-13(7-5-12)14(16)17/h4-7,10-11,15H,2-3,8-9H2,1H3,(H,16,17). The normalized spacial score (nSPS) is 16.9. The molecule has 0 bridgehead atoms. The maximum Gasteiger partial charge on any atom is 0.335 e. The zero-order valence-corrected chi connectivity index (χ0v) is 12.2. The quantitative estimate of drug-likeness (QED) is 0.806. The lowest BCUT2D eigenvalue weighted by molar-refractivity contribution is 0.0697. The summed E-state index contributed by atoms with van der Waals surface area (Å²) in [5.41, 5.74) is 0.738. The average molecular weight is 297 g/mol. The van der Waals surface area contributed by atoms with Gasteiger partial charge in [0.25, 0.3) is 0 Å². The van der Waals surface area contributed by atoms with E-state index in [1.807, 2.05) is 6.92 Å². The highest BCUT2D eigenvalue weighted by Crippen LogP contribution is 2.33. The van der Waals surface area contributed by atoms with Crippen LogP contribution in [0, 0.1) is 5.92 Å². The molecule has 1 aliphatic carbocycles.